The van der Waals surface area contributed by atoms with E-state index in [4.69, 9.17) is 0 Å². The van der Waals surface area contributed by atoms with Gasteiger partial charge in [-0.25, -0.2) is 0 Å². The Morgan fingerprint density at radius 2 is 0.731 bits per heavy atom. The van der Waals surface area contributed by atoms with Crippen LogP contribution in [0.3, 0.4) is 0 Å². The molecular formula is C65H52N2. The third-order valence-corrected chi connectivity index (χ3v) is 15.8. The molecule has 0 radical (unpaired) electrons. The second-order valence-corrected chi connectivity index (χ2v) is 20.5. The Morgan fingerprint density at radius 1 is 0.299 bits per heavy atom. The summed E-state index contributed by atoms with van der Waals surface area (Å²) in [5.41, 5.74) is 22.2. The SMILES string of the molecule is CC1(C)c2ccccc2-c2ccc(N(c3ccc4c(c3)N(c3c(-c5cccc6ccccc56)ccc5ccccc35)c3ccccc3C4(C)C)c3ccc4c(c3)C(C)(C)c3ccccc3-4)cc21. The number of hydrogen-bond acceptors (Lipinski definition) is 2. The molecule has 1 aliphatic heterocycles. The molecule has 322 valence electrons. The summed E-state index contributed by atoms with van der Waals surface area (Å²) in [6.45, 7) is 14.3. The van der Waals surface area contributed by atoms with Crippen LogP contribution in [0, 0.1) is 0 Å². The van der Waals surface area contributed by atoms with Gasteiger partial charge in [-0.05, 0) is 120 Å². The highest BCUT2D eigenvalue weighted by atomic mass is 15.2. The Morgan fingerprint density at radius 3 is 1.39 bits per heavy atom. The van der Waals surface area contributed by atoms with Gasteiger partial charge in [-0.1, -0.05) is 205 Å². The first-order valence-electron chi connectivity index (χ1n) is 23.8. The van der Waals surface area contributed by atoms with Gasteiger partial charge in [0, 0.05) is 44.3 Å². The van der Waals surface area contributed by atoms with Crippen molar-refractivity contribution in [2.75, 3.05) is 9.80 Å². The lowest BCUT2D eigenvalue weighted by Gasteiger charge is -2.43. The molecule has 0 fully saturated rings. The molecule has 2 aliphatic carbocycles. The molecule has 0 unspecified atom stereocenters. The Kier molecular flexibility index (Phi) is 8.38. The molecule has 1 heterocycles. The fraction of sp³-hybridized carbons (Fsp3) is 0.138. The van der Waals surface area contributed by atoms with Crippen LogP contribution in [-0.2, 0) is 16.2 Å². The van der Waals surface area contributed by atoms with E-state index in [9.17, 15) is 0 Å². The van der Waals surface area contributed by atoms with Gasteiger partial charge in [-0.15, -0.1) is 0 Å². The van der Waals surface area contributed by atoms with Crippen molar-refractivity contribution in [3.63, 3.8) is 0 Å². The Balaban J connectivity index is 1.08. The highest BCUT2D eigenvalue weighted by molar-refractivity contribution is 6.11. The number of fused-ring (bicyclic) bond motifs is 10. The Bertz CT molecular complexity index is 3580. The molecule has 0 saturated heterocycles. The number of anilines is 6. The first kappa shape index (κ1) is 39.7. The third-order valence-electron chi connectivity index (χ3n) is 15.8. The summed E-state index contributed by atoms with van der Waals surface area (Å²) < 4.78 is 0. The van der Waals surface area contributed by atoms with Gasteiger partial charge in [0.1, 0.15) is 0 Å². The average Bonchev–Trinajstić information content (AvgIpc) is 3.73. The molecule has 0 amide bonds. The van der Waals surface area contributed by atoms with E-state index < -0.39 is 0 Å². The molecule has 0 saturated carbocycles. The number of nitrogens with zero attached hydrogens (tertiary/aromatic N) is 2. The number of para-hydroxylation sites is 1. The van der Waals surface area contributed by atoms with Crippen molar-refractivity contribution >= 4 is 55.7 Å². The zero-order valence-electron chi connectivity index (χ0n) is 39.0. The van der Waals surface area contributed by atoms with Crippen molar-refractivity contribution in [1.29, 1.82) is 0 Å². The molecule has 0 N–H and O–H groups in total. The van der Waals surface area contributed by atoms with Crippen LogP contribution in [0.2, 0.25) is 0 Å². The van der Waals surface area contributed by atoms with Gasteiger partial charge in [0.05, 0.1) is 17.1 Å². The predicted octanol–water partition coefficient (Wildman–Crippen LogP) is 17.9. The van der Waals surface area contributed by atoms with Crippen LogP contribution < -0.4 is 9.80 Å². The molecule has 0 bridgehead atoms. The lowest BCUT2D eigenvalue weighted by molar-refractivity contribution is 0.632. The molecule has 10 aromatic rings. The number of rotatable bonds is 5. The van der Waals surface area contributed by atoms with Crippen LogP contribution in [0.5, 0.6) is 0 Å². The second-order valence-electron chi connectivity index (χ2n) is 20.5. The van der Waals surface area contributed by atoms with E-state index in [1.165, 1.54) is 105 Å². The van der Waals surface area contributed by atoms with Gasteiger partial charge in [0.2, 0.25) is 0 Å². The molecule has 3 aliphatic rings. The van der Waals surface area contributed by atoms with Crippen LogP contribution in [0.1, 0.15) is 74.9 Å². The summed E-state index contributed by atoms with van der Waals surface area (Å²) in [6, 6.07) is 77.8. The number of hydrogen-bond donors (Lipinski definition) is 0. The lowest BCUT2D eigenvalue weighted by atomic mass is 9.73. The fourth-order valence-electron chi connectivity index (χ4n) is 12.4. The van der Waals surface area contributed by atoms with Gasteiger partial charge < -0.3 is 9.80 Å². The zero-order valence-corrected chi connectivity index (χ0v) is 39.0. The molecule has 2 heteroatoms. The molecule has 67 heavy (non-hydrogen) atoms. The molecule has 13 rings (SSSR count). The topological polar surface area (TPSA) is 6.48 Å². The summed E-state index contributed by atoms with van der Waals surface area (Å²) >= 11 is 0. The second kappa shape index (κ2) is 14.2. The van der Waals surface area contributed by atoms with E-state index in [0.717, 1.165) is 17.1 Å². The normalized spacial score (nSPS) is 15.3. The van der Waals surface area contributed by atoms with E-state index in [-0.39, 0.29) is 16.2 Å². The lowest BCUT2D eigenvalue weighted by Crippen LogP contribution is -2.31. The Hall–Kier alpha value is -7.68. The van der Waals surface area contributed by atoms with E-state index in [1.807, 2.05) is 0 Å². The highest BCUT2D eigenvalue weighted by Crippen LogP contribution is 2.58. The third kappa shape index (κ3) is 5.63. The van der Waals surface area contributed by atoms with Crippen molar-refractivity contribution in [3.05, 3.63) is 240 Å². The minimum absolute atomic E-state index is 0.151. The van der Waals surface area contributed by atoms with Gasteiger partial charge >= 0.3 is 0 Å². The maximum absolute atomic E-state index is 2.60. The molecular weight excluding hydrogens is 809 g/mol. The zero-order chi connectivity index (χ0) is 45.4. The monoisotopic (exact) mass is 860 g/mol. The predicted molar refractivity (Wildman–Crippen MR) is 284 cm³/mol. The summed E-state index contributed by atoms with van der Waals surface area (Å²) in [4.78, 5) is 5.13. The summed E-state index contributed by atoms with van der Waals surface area (Å²) in [7, 11) is 0. The molecule has 10 aromatic carbocycles. The first-order chi connectivity index (χ1) is 32.5. The van der Waals surface area contributed by atoms with Crippen LogP contribution in [-0.4, -0.2) is 0 Å². The first-order valence-corrected chi connectivity index (χ1v) is 23.8. The summed E-state index contributed by atoms with van der Waals surface area (Å²) in [5, 5.41) is 4.91. The quantitative estimate of drug-likeness (QED) is 0.170. The van der Waals surface area contributed by atoms with Crippen molar-refractivity contribution < 1.29 is 0 Å². The highest BCUT2D eigenvalue weighted by Gasteiger charge is 2.41. The van der Waals surface area contributed by atoms with Gasteiger partial charge in [0.15, 0.2) is 0 Å². The molecule has 0 spiro atoms. The van der Waals surface area contributed by atoms with Crippen molar-refractivity contribution in [3.8, 4) is 33.4 Å². The summed E-state index contributed by atoms with van der Waals surface area (Å²) in [6.07, 6.45) is 0. The van der Waals surface area contributed by atoms with E-state index in [0.29, 0.717) is 0 Å². The van der Waals surface area contributed by atoms with E-state index in [2.05, 4.69) is 258 Å². The summed E-state index contributed by atoms with van der Waals surface area (Å²) in [5.74, 6) is 0. The van der Waals surface area contributed by atoms with Crippen molar-refractivity contribution in [1.82, 2.24) is 0 Å². The smallest absolute Gasteiger partial charge is 0.0618 e. The van der Waals surface area contributed by atoms with Gasteiger partial charge in [-0.2, -0.15) is 0 Å². The minimum atomic E-state index is -0.275. The van der Waals surface area contributed by atoms with Gasteiger partial charge in [-0.3, -0.25) is 0 Å². The van der Waals surface area contributed by atoms with E-state index in [1.54, 1.807) is 0 Å². The van der Waals surface area contributed by atoms with Crippen LogP contribution >= 0.6 is 0 Å². The number of benzene rings is 10. The van der Waals surface area contributed by atoms with Crippen LogP contribution in [0.25, 0.3) is 54.9 Å². The molecule has 0 aromatic heterocycles. The fourth-order valence-corrected chi connectivity index (χ4v) is 12.4. The Labute approximate surface area is 394 Å². The molecule has 0 atom stereocenters. The largest absolute Gasteiger partial charge is 0.310 e. The van der Waals surface area contributed by atoms with Crippen molar-refractivity contribution in [2.24, 2.45) is 0 Å². The van der Waals surface area contributed by atoms with Crippen LogP contribution in [0.15, 0.2) is 206 Å². The standard InChI is InChI=1S/C65H52N2/c1-63(2)54-26-13-11-23-49(54)51-35-31-43(38-58(51)63)66(44-32-36-52-50-24-12-14-27-55(50)64(3,4)59(52)39-44)45-33-37-57-61(40-45)67(60-29-16-15-28-56(60)65(57,5)6)62-47-22-10-8-19-42(47)30-34-53(62)48-25-17-20-41-18-7-9-21-46(41)48/h7-40H,1-6H3. The minimum Gasteiger partial charge on any atom is -0.310 e. The maximum Gasteiger partial charge on any atom is 0.0618 e. The van der Waals surface area contributed by atoms with E-state index >= 15 is 0 Å². The van der Waals surface area contributed by atoms with Crippen molar-refractivity contribution in [2.45, 2.75) is 57.8 Å². The van der Waals surface area contributed by atoms with Crippen LogP contribution in [0.4, 0.5) is 34.1 Å². The maximum atomic E-state index is 2.60. The average molecular weight is 861 g/mol. The van der Waals surface area contributed by atoms with Gasteiger partial charge in [0.25, 0.3) is 0 Å². The molecule has 2 nitrogen and oxygen atoms in total.